The van der Waals surface area contributed by atoms with Crippen molar-refractivity contribution in [3.63, 3.8) is 0 Å². The maximum atomic E-state index is 5.76. The van der Waals surface area contributed by atoms with Gasteiger partial charge in [0.25, 0.3) is 0 Å². The number of nitrogens with zero attached hydrogens (tertiary/aromatic N) is 3. The summed E-state index contributed by atoms with van der Waals surface area (Å²) in [5.74, 6) is 2.08. The maximum Gasteiger partial charge on any atom is 0.241 e. The normalized spacial score (nSPS) is 17.3. The van der Waals surface area contributed by atoms with E-state index in [4.69, 9.17) is 4.74 Å². The van der Waals surface area contributed by atoms with Gasteiger partial charge in [0.1, 0.15) is 11.5 Å². The van der Waals surface area contributed by atoms with Crippen LogP contribution in [-0.2, 0) is 0 Å². The molecule has 19 heavy (non-hydrogen) atoms. The molecule has 2 aromatic carbocycles. The second-order valence-electron chi connectivity index (χ2n) is 3.99. The van der Waals surface area contributed by atoms with Crippen molar-refractivity contribution in [1.82, 2.24) is 0 Å². The van der Waals surface area contributed by atoms with Crippen molar-refractivity contribution in [3.05, 3.63) is 67.2 Å². The van der Waals surface area contributed by atoms with Gasteiger partial charge in [0.15, 0.2) is 0 Å². The molecule has 3 rings (SSSR count). The maximum absolute atomic E-state index is 5.76. The highest BCUT2D eigenvalue weighted by molar-refractivity contribution is 5.99. The SMILES string of the molecule is [CH2-][NH+]1N=NC(c2cccc(Oc3ccccc3)c2)=N1. The Hall–Kier alpha value is -2.53. The van der Waals surface area contributed by atoms with Crippen LogP contribution < -0.4 is 9.85 Å². The van der Waals surface area contributed by atoms with Gasteiger partial charge in [-0.1, -0.05) is 47.6 Å². The van der Waals surface area contributed by atoms with Crippen molar-refractivity contribution in [1.29, 1.82) is 0 Å². The summed E-state index contributed by atoms with van der Waals surface area (Å²) in [6, 6.07) is 17.2. The first kappa shape index (κ1) is 11.6. The molecule has 1 N–H and O–H groups in total. The Kier molecular flexibility index (Phi) is 3.04. The van der Waals surface area contributed by atoms with Gasteiger partial charge in [0, 0.05) is 10.8 Å². The second kappa shape index (κ2) is 4.99. The summed E-state index contributed by atoms with van der Waals surface area (Å²) < 4.78 is 5.76. The van der Waals surface area contributed by atoms with Crippen LogP contribution in [-0.4, -0.2) is 5.84 Å². The molecule has 0 amide bonds. The number of hydrogen-bond acceptors (Lipinski definition) is 4. The Morgan fingerprint density at radius 1 is 0.947 bits per heavy atom. The number of amidine groups is 1. The van der Waals surface area contributed by atoms with E-state index in [1.54, 1.807) is 0 Å². The summed E-state index contributed by atoms with van der Waals surface area (Å²) in [6.45, 7) is 0. The first-order valence-electron chi connectivity index (χ1n) is 5.84. The summed E-state index contributed by atoms with van der Waals surface area (Å²) in [6.07, 6.45) is 0. The molecule has 0 aromatic heterocycles. The van der Waals surface area contributed by atoms with E-state index in [-0.39, 0.29) is 0 Å². The van der Waals surface area contributed by atoms with Crippen LogP contribution >= 0.6 is 0 Å². The Balaban J connectivity index is 1.85. The van der Waals surface area contributed by atoms with E-state index < -0.39 is 0 Å². The second-order valence-corrected chi connectivity index (χ2v) is 3.99. The van der Waals surface area contributed by atoms with E-state index in [9.17, 15) is 0 Å². The minimum atomic E-state index is 0.421. The van der Waals surface area contributed by atoms with Crippen molar-refractivity contribution < 1.29 is 9.85 Å². The predicted octanol–water partition coefficient (Wildman–Crippen LogP) is 2.20. The number of ether oxygens (including phenoxy) is 1. The molecule has 0 spiro atoms. The van der Waals surface area contributed by atoms with Crippen molar-refractivity contribution in [2.75, 3.05) is 0 Å². The molecule has 0 saturated heterocycles. The molecule has 0 bridgehead atoms. The Morgan fingerprint density at radius 2 is 1.74 bits per heavy atom. The fourth-order valence-corrected chi connectivity index (χ4v) is 1.72. The molecule has 5 nitrogen and oxygen atoms in total. The molecule has 1 atom stereocenters. The number of nitrogens with one attached hydrogen (secondary N) is 1. The van der Waals surface area contributed by atoms with Crippen LogP contribution in [0.15, 0.2) is 70.0 Å². The number of para-hydroxylation sites is 1. The molecule has 0 radical (unpaired) electrons. The largest absolute Gasteiger partial charge is 0.457 e. The lowest BCUT2D eigenvalue weighted by Gasteiger charge is -2.06. The molecule has 0 fully saturated rings. The minimum Gasteiger partial charge on any atom is -0.457 e. The van der Waals surface area contributed by atoms with Gasteiger partial charge in [0.05, 0.1) is 0 Å². The third kappa shape index (κ3) is 2.66. The molecule has 2 aromatic rings. The molecule has 5 heteroatoms. The zero-order valence-electron chi connectivity index (χ0n) is 10.2. The van der Waals surface area contributed by atoms with E-state index in [1.165, 1.54) is 0 Å². The zero-order chi connectivity index (χ0) is 13.1. The molecule has 1 heterocycles. The fourth-order valence-electron chi connectivity index (χ4n) is 1.72. The van der Waals surface area contributed by atoms with Crippen LogP contribution in [0.25, 0.3) is 0 Å². The lowest BCUT2D eigenvalue weighted by atomic mass is 10.2. The van der Waals surface area contributed by atoms with E-state index in [1.807, 2.05) is 54.6 Å². The van der Waals surface area contributed by atoms with Gasteiger partial charge in [-0.3, -0.25) is 0 Å². The zero-order valence-corrected chi connectivity index (χ0v) is 10.2. The summed E-state index contributed by atoms with van der Waals surface area (Å²) in [4.78, 5) is 0. The topological polar surface area (TPSA) is 50.8 Å². The van der Waals surface area contributed by atoms with Gasteiger partial charge in [-0.05, 0) is 24.3 Å². The third-order valence-electron chi connectivity index (χ3n) is 2.57. The summed E-state index contributed by atoms with van der Waals surface area (Å²) in [5, 5.41) is 12.3. The number of benzene rings is 2. The highest BCUT2D eigenvalue weighted by Gasteiger charge is 2.12. The first-order chi connectivity index (χ1) is 9.31. The number of hydrogen-bond donors (Lipinski definition) is 1. The highest BCUT2D eigenvalue weighted by Crippen LogP contribution is 2.22. The molecule has 94 valence electrons. The average molecular weight is 252 g/mol. The summed E-state index contributed by atoms with van der Waals surface area (Å²) in [7, 11) is 3.64. The van der Waals surface area contributed by atoms with Crippen molar-refractivity contribution in [3.8, 4) is 11.5 Å². The molecule has 1 unspecified atom stereocenters. The van der Waals surface area contributed by atoms with Crippen LogP contribution in [0.1, 0.15) is 5.56 Å². The van der Waals surface area contributed by atoms with Crippen LogP contribution in [0, 0.1) is 7.05 Å². The lowest BCUT2D eigenvalue weighted by Crippen LogP contribution is -2.95. The standard InChI is InChI=1S/C14H12N4O/c1-18-16-14(15-17-18)11-6-5-9-13(10-11)19-12-7-3-2-4-8-12/h2-10,18H,1H2. The Labute approximate surface area is 110 Å². The van der Waals surface area contributed by atoms with E-state index in [2.05, 4.69) is 22.5 Å². The average Bonchev–Trinajstić information content (AvgIpc) is 2.87. The van der Waals surface area contributed by atoms with E-state index in [0.29, 0.717) is 11.0 Å². The summed E-state index contributed by atoms with van der Waals surface area (Å²) in [5.41, 5.74) is 0.857. The van der Waals surface area contributed by atoms with E-state index in [0.717, 1.165) is 17.1 Å². The molecule has 1 aliphatic heterocycles. The minimum absolute atomic E-state index is 0.421. The Bertz CT molecular complexity index is 637. The van der Waals surface area contributed by atoms with Crippen molar-refractivity contribution >= 4 is 5.84 Å². The fraction of sp³-hybridized carbons (Fsp3) is 0. The van der Waals surface area contributed by atoms with Crippen LogP contribution in [0.4, 0.5) is 0 Å². The first-order valence-corrected chi connectivity index (χ1v) is 5.84. The van der Waals surface area contributed by atoms with E-state index >= 15 is 0 Å². The van der Waals surface area contributed by atoms with Gasteiger partial charge in [-0.2, -0.15) is 5.12 Å². The van der Waals surface area contributed by atoms with Crippen molar-refractivity contribution in [2.24, 2.45) is 15.4 Å². The van der Waals surface area contributed by atoms with Crippen LogP contribution in [0.3, 0.4) is 0 Å². The van der Waals surface area contributed by atoms with Gasteiger partial charge in [-0.15, -0.1) is 0 Å². The monoisotopic (exact) mass is 252 g/mol. The van der Waals surface area contributed by atoms with Crippen LogP contribution in [0.5, 0.6) is 11.5 Å². The highest BCUT2D eigenvalue weighted by atomic mass is 16.5. The predicted molar refractivity (Wildman–Crippen MR) is 70.7 cm³/mol. The number of rotatable bonds is 3. The van der Waals surface area contributed by atoms with Crippen LogP contribution in [0.2, 0.25) is 0 Å². The quantitative estimate of drug-likeness (QED) is 0.836. The number of quaternary nitrogens is 1. The van der Waals surface area contributed by atoms with Crippen molar-refractivity contribution in [2.45, 2.75) is 0 Å². The molecular weight excluding hydrogens is 240 g/mol. The third-order valence-corrected chi connectivity index (χ3v) is 2.57. The van der Waals surface area contributed by atoms with Gasteiger partial charge >= 0.3 is 0 Å². The smallest absolute Gasteiger partial charge is 0.241 e. The molecule has 0 saturated carbocycles. The Morgan fingerprint density at radius 3 is 2.47 bits per heavy atom. The molecule has 0 aliphatic carbocycles. The van der Waals surface area contributed by atoms with Gasteiger partial charge in [0.2, 0.25) is 5.84 Å². The summed E-state index contributed by atoms with van der Waals surface area (Å²) >= 11 is 0. The molecule has 1 aliphatic rings. The molecular formula is C14H12N4O. The van der Waals surface area contributed by atoms with Gasteiger partial charge in [-0.25, -0.2) is 0 Å². The van der Waals surface area contributed by atoms with Gasteiger partial charge < -0.3 is 4.74 Å². The lowest BCUT2D eigenvalue weighted by molar-refractivity contribution is -0.868.